The van der Waals surface area contributed by atoms with Gasteiger partial charge in [0.25, 0.3) is 0 Å². The van der Waals surface area contributed by atoms with Gasteiger partial charge in [-0.05, 0) is 17.9 Å². The summed E-state index contributed by atoms with van der Waals surface area (Å²) in [5.41, 5.74) is 0. The average molecular weight is 312 g/mol. The number of nitrogens with one attached hydrogen (secondary N) is 1. The first-order valence-electron chi connectivity index (χ1n) is 7.13. The van der Waals surface area contributed by atoms with E-state index in [0.717, 1.165) is 16.5 Å². The summed E-state index contributed by atoms with van der Waals surface area (Å²) < 4.78 is 5.81. The predicted molar refractivity (Wildman–Crippen MR) is 89.4 cm³/mol. The van der Waals surface area contributed by atoms with Crippen LogP contribution in [0, 0.1) is 0 Å². The summed E-state index contributed by atoms with van der Waals surface area (Å²) in [6.45, 7) is 0.513. The third-order valence-electron chi connectivity index (χ3n) is 3.23. The van der Waals surface area contributed by atoms with Crippen molar-refractivity contribution in [3.63, 3.8) is 0 Å². The number of hydrogen-bond acceptors (Lipinski definition) is 4. The molecular formula is C17H16N2O2S. The summed E-state index contributed by atoms with van der Waals surface area (Å²) in [6, 6.07) is 14.1. The highest BCUT2D eigenvalue weighted by Crippen LogP contribution is 2.25. The van der Waals surface area contributed by atoms with Gasteiger partial charge >= 0.3 is 0 Å². The molecule has 0 fully saturated rings. The van der Waals surface area contributed by atoms with Crippen molar-refractivity contribution < 1.29 is 9.53 Å². The van der Waals surface area contributed by atoms with E-state index in [1.165, 1.54) is 11.3 Å². The van der Waals surface area contributed by atoms with E-state index in [9.17, 15) is 4.79 Å². The average Bonchev–Trinajstić information content (AvgIpc) is 3.04. The second-order valence-electron chi connectivity index (χ2n) is 4.81. The Bertz CT molecular complexity index is 751. The number of fused-ring (bicyclic) bond motifs is 1. The maximum Gasteiger partial charge on any atom is 0.226 e. The van der Waals surface area contributed by atoms with Crippen LogP contribution in [0.5, 0.6) is 5.75 Å². The number of ether oxygens (including phenoxy) is 1. The van der Waals surface area contributed by atoms with Crippen LogP contribution in [0.25, 0.3) is 10.8 Å². The lowest BCUT2D eigenvalue weighted by molar-refractivity contribution is -0.116. The van der Waals surface area contributed by atoms with Crippen molar-refractivity contribution >= 4 is 33.1 Å². The van der Waals surface area contributed by atoms with Crippen LogP contribution in [0.15, 0.2) is 54.0 Å². The number of benzene rings is 2. The summed E-state index contributed by atoms with van der Waals surface area (Å²) in [5, 5.41) is 7.48. The normalized spacial score (nSPS) is 10.5. The SMILES string of the molecule is O=C(CCCOc1cccc2ccccc12)Nc1nccs1. The minimum atomic E-state index is -0.0310. The lowest BCUT2D eigenvalue weighted by atomic mass is 10.1. The van der Waals surface area contributed by atoms with Gasteiger partial charge in [0, 0.05) is 23.4 Å². The quantitative estimate of drug-likeness (QED) is 0.697. The maximum absolute atomic E-state index is 11.7. The lowest BCUT2D eigenvalue weighted by Crippen LogP contribution is -2.12. The van der Waals surface area contributed by atoms with Crippen molar-refractivity contribution in [2.75, 3.05) is 11.9 Å². The maximum atomic E-state index is 11.7. The van der Waals surface area contributed by atoms with E-state index < -0.39 is 0 Å². The van der Waals surface area contributed by atoms with Crippen LogP contribution in [-0.2, 0) is 4.79 Å². The molecule has 4 nitrogen and oxygen atoms in total. The number of rotatable bonds is 6. The molecule has 0 aliphatic heterocycles. The number of thiazole rings is 1. The number of aromatic nitrogens is 1. The number of carbonyl (C=O) groups is 1. The van der Waals surface area contributed by atoms with Crippen molar-refractivity contribution in [1.29, 1.82) is 0 Å². The Labute approximate surface area is 132 Å². The van der Waals surface area contributed by atoms with Crippen LogP contribution in [0.1, 0.15) is 12.8 Å². The summed E-state index contributed by atoms with van der Waals surface area (Å²) in [4.78, 5) is 15.8. The van der Waals surface area contributed by atoms with Gasteiger partial charge in [0.1, 0.15) is 5.75 Å². The molecule has 0 saturated heterocycles. The van der Waals surface area contributed by atoms with Gasteiger partial charge in [-0.1, -0.05) is 36.4 Å². The molecule has 0 atom stereocenters. The molecule has 0 unspecified atom stereocenters. The second kappa shape index (κ2) is 7.04. The van der Waals surface area contributed by atoms with E-state index in [4.69, 9.17) is 4.74 Å². The van der Waals surface area contributed by atoms with Crippen LogP contribution in [0.4, 0.5) is 5.13 Å². The van der Waals surface area contributed by atoms with Crippen molar-refractivity contribution in [3.8, 4) is 5.75 Å². The van der Waals surface area contributed by atoms with E-state index in [0.29, 0.717) is 24.6 Å². The molecular weight excluding hydrogens is 296 g/mol. The Morgan fingerprint density at radius 2 is 2.05 bits per heavy atom. The van der Waals surface area contributed by atoms with Crippen molar-refractivity contribution in [2.24, 2.45) is 0 Å². The lowest BCUT2D eigenvalue weighted by Gasteiger charge is -2.09. The van der Waals surface area contributed by atoms with Crippen LogP contribution in [0.3, 0.4) is 0 Å². The molecule has 0 aliphatic carbocycles. The van der Waals surface area contributed by atoms with E-state index in [1.807, 2.05) is 35.7 Å². The largest absolute Gasteiger partial charge is 0.493 e. The van der Waals surface area contributed by atoms with Gasteiger partial charge in [0.2, 0.25) is 5.91 Å². The van der Waals surface area contributed by atoms with Crippen molar-refractivity contribution in [3.05, 3.63) is 54.0 Å². The molecule has 0 radical (unpaired) electrons. The molecule has 0 aliphatic rings. The zero-order chi connectivity index (χ0) is 15.2. The summed E-state index contributed by atoms with van der Waals surface area (Å²) in [5.74, 6) is 0.829. The number of carbonyl (C=O) groups excluding carboxylic acids is 1. The van der Waals surface area contributed by atoms with Gasteiger partial charge in [0.05, 0.1) is 6.61 Å². The topological polar surface area (TPSA) is 51.2 Å². The van der Waals surface area contributed by atoms with Gasteiger partial charge in [-0.15, -0.1) is 11.3 Å². The molecule has 1 heterocycles. The zero-order valence-electron chi connectivity index (χ0n) is 12.0. The molecule has 5 heteroatoms. The van der Waals surface area contributed by atoms with Crippen molar-refractivity contribution in [1.82, 2.24) is 4.98 Å². The van der Waals surface area contributed by atoms with Gasteiger partial charge in [-0.2, -0.15) is 0 Å². The molecule has 22 heavy (non-hydrogen) atoms. The molecule has 3 aromatic rings. The number of nitrogens with zero attached hydrogens (tertiary/aromatic N) is 1. The molecule has 0 spiro atoms. The van der Waals surface area contributed by atoms with Crippen LogP contribution >= 0.6 is 11.3 Å². The minimum absolute atomic E-state index is 0.0310. The highest BCUT2D eigenvalue weighted by molar-refractivity contribution is 7.13. The van der Waals surface area contributed by atoms with E-state index in [2.05, 4.69) is 22.4 Å². The fourth-order valence-corrected chi connectivity index (χ4v) is 2.75. The van der Waals surface area contributed by atoms with Crippen molar-refractivity contribution in [2.45, 2.75) is 12.8 Å². The van der Waals surface area contributed by atoms with E-state index in [-0.39, 0.29) is 5.91 Å². The Hall–Kier alpha value is -2.40. The standard InChI is InChI=1S/C17H16N2O2S/c20-16(19-17-18-10-12-22-17)9-4-11-21-15-8-3-6-13-5-1-2-7-14(13)15/h1-3,5-8,10,12H,4,9,11H2,(H,18,19,20). The van der Waals surface area contributed by atoms with Crippen LogP contribution in [-0.4, -0.2) is 17.5 Å². The summed E-state index contributed by atoms with van der Waals surface area (Å²) in [6.07, 6.45) is 2.76. The third-order valence-corrected chi connectivity index (χ3v) is 3.92. The first-order chi connectivity index (χ1) is 10.8. The Morgan fingerprint density at radius 1 is 1.18 bits per heavy atom. The van der Waals surface area contributed by atoms with Gasteiger partial charge in [-0.25, -0.2) is 4.98 Å². The Balaban J connectivity index is 1.49. The monoisotopic (exact) mass is 312 g/mol. The first kappa shape index (κ1) is 14.5. The highest BCUT2D eigenvalue weighted by atomic mass is 32.1. The predicted octanol–water partition coefficient (Wildman–Crippen LogP) is 4.09. The fraction of sp³-hybridized carbons (Fsp3) is 0.176. The molecule has 1 amide bonds. The van der Waals surface area contributed by atoms with Gasteiger partial charge in [-0.3, -0.25) is 4.79 Å². The molecule has 112 valence electrons. The molecule has 3 rings (SSSR count). The number of amides is 1. The summed E-state index contributed by atoms with van der Waals surface area (Å²) in [7, 11) is 0. The van der Waals surface area contributed by atoms with Crippen LogP contribution < -0.4 is 10.1 Å². The Morgan fingerprint density at radius 3 is 2.91 bits per heavy atom. The molecule has 1 N–H and O–H groups in total. The second-order valence-corrected chi connectivity index (χ2v) is 5.71. The molecule has 1 aromatic heterocycles. The first-order valence-corrected chi connectivity index (χ1v) is 8.01. The van der Waals surface area contributed by atoms with Crippen LogP contribution in [0.2, 0.25) is 0 Å². The Kier molecular flexibility index (Phi) is 4.65. The smallest absolute Gasteiger partial charge is 0.226 e. The number of hydrogen-bond donors (Lipinski definition) is 1. The molecule has 0 saturated carbocycles. The fourth-order valence-electron chi connectivity index (χ4n) is 2.20. The number of anilines is 1. The van der Waals surface area contributed by atoms with E-state index >= 15 is 0 Å². The zero-order valence-corrected chi connectivity index (χ0v) is 12.8. The summed E-state index contributed by atoms with van der Waals surface area (Å²) >= 11 is 1.41. The highest BCUT2D eigenvalue weighted by Gasteiger charge is 2.05. The van der Waals surface area contributed by atoms with Gasteiger partial charge < -0.3 is 10.1 Å². The minimum Gasteiger partial charge on any atom is -0.493 e. The van der Waals surface area contributed by atoms with E-state index in [1.54, 1.807) is 6.20 Å². The molecule has 0 bridgehead atoms. The van der Waals surface area contributed by atoms with Gasteiger partial charge in [0.15, 0.2) is 5.13 Å². The molecule has 2 aromatic carbocycles. The third kappa shape index (κ3) is 3.62.